The zero-order valence-corrected chi connectivity index (χ0v) is 11.8. The molecule has 1 aromatic carbocycles. The van der Waals surface area contributed by atoms with Gasteiger partial charge >= 0.3 is 6.03 Å². The molecule has 2 rings (SSSR count). The Labute approximate surface area is 114 Å². The number of urea groups is 1. The summed E-state index contributed by atoms with van der Waals surface area (Å²) in [6.07, 6.45) is 1.76. The zero-order valence-electron chi connectivity index (χ0n) is 9.63. The SMILES string of the molecule is Cc1cc(I)ccc1NC(=O)NC1CCCO1. The van der Waals surface area contributed by atoms with E-state index in [1.165, 1.54) is 0 Å². The lowest BCUT2D eigenvalue weighted by Crippen LogP contribution is -2.37. The number of benzene rings is 1. The van der Waals surface area contributed by atoms with Gasteiger partial charge in [-0.1, -0.05) is 0 Å². The molecule has 0 aromatic heterocycles. The molecule has 0 aliphatic carbocycles. The predicted molar refractivity (Wildman–Crippen MR) is 75.0 cm³/mol. The molecule has 1 aromatic rings. The van der Waals surface area contributed by atoms with Crippen molar-refractivity contribution in [1.29, 1.82) is 0 Å². The Balaban J connectivity index is 1.93. The molecule has 1 atom stereocenters. The maximum atomic E-state index is 11.7. The van der Waals surface area contributed by atoms with Gasteiger partial charge in [-0.05, 0) is 66.1 Å². The molecule has 0 bridgehead atoms. The number of hydrogen-bond acceptors (Lipinski definition) is 2. The van der Waals surface area contributed by atoms with Crippen LogP contribution in [0, 0.1) is 10.5 Å². The molecular formula is C12H15IN2O2. The first-order chi connectivity index (χ1) is 8.15. The molecular weight excluding hydrogens is 331 g/mol. The quantitative estimate of drug-likeness (QED) is 0.809. The van der Waals surface area contributed by atoms with Crippen LogP contribution in [0.25, 0.3) is 0 Å². The highest BCUT2D eigenvalue weighted by Gasteiger charge is 2.17. The Morgan fingerprint density at radius 1 is 1.53 bits per heavy atom. The van der Waals surface area contributed by atoms with Crippen molar-refractivity contribution in [2.45, 2.75) is 26.0 Å². The van der Waals surface area contributed by atoms with Gasteiger partial charge in [-0.3, -0.25) is 0 Å². The Bertz CT molecular complexity index is 417. The molecule has 0 spiro atoms. The summed E-state index contributed by atoms with van der Waals surface area (Å²) in [5.74, 6) is 0. The molecule has 1 heterocycles. The van der Waals surface area contributed by atoms with E-state index in [9.17, 15) is 4.79 Å². The number of carbonyl (C=O) groups is 1. The van der Waals surface area contributed by atoms with Gasteiger partial charge in [-0.25, -0.2) is 4.79 Å². The lowest BCUT2D eigenvalue weighted by molar-refractivity contribution is 0.0928. The Morgan fingerprint density at radius 2 is 2.35 bits per heavy atom. The molecule has 1 fully saturated rings. The van der Waals surface area contributed by atoms with Crippen LogP contribution < -0.4 is 10.6 Å². The smallest absolute Gasteiger partial charge is 0.321 e. The number of anilines is 1. The standard InChI is InChI=1S/C12H15IN2O2/c1-8-7-9(13)4-5-10(8)14-12(16)15-11-3-2-6-17-11/h4-5,7,11H,2-3,6H2,1H3,(H2,14,15,16). The average Bonchev–Trinajstić information content (AvgIpc) is 2.75. The van der Waals surface area contributed by atoms with E-state index in [1.807, 2.05) is 25.1 Å². The van der Waals surface area contributed by atoms with E-state index in [0.29, 0.717) is 0 Å². The van der Waals surface area contributed by atoms with Crippen molar-refractivity contribution in [1.82, 2.24) is 5.32 Å². The molecule has 17 heavy (non-hydrogen) atoms. The zero-order chi connectivity index (χ0) is 12.3. The van der Waals surface area contributed by atoms with Crippen molar-refractivity contribution in [2.75, 3.05) is 11.9 Å². The second kappa shape index (κ2) is 5.68. The highest BCUT2D eigenvalue weighted by atomic mass is 127. The Kier molecular flexibility index (Phi) is 4.22. The fraction of sp³-hybridized carbons (Fsp3) is 0.417. The number of halogens is 1. The summed E-state index contributed by atoms with van der Waals surface area (Å²) in [5, 5.41) is 5.63. The molecule has 2 N–H and O–H groups in total. The highest BCUT2D eigenvalue weighted by molar-refractivity contribution is 14.1. The molecule has 1 aliphatic rings. The molecule has 1 unspecified atom stereocenters. The first-order valence-electron chi connectivity index (χ1n) is 5.60. The number of nitrogens with one attached hydrogen (secondary N) is 2. The van der Waals surface area contributed by atoms with E-state index in [2.05, 4.69) is 33.2 Å². The summed E-state index contributed by atoms with van der Waals surface area (Å²) in [6.45, 7) is 2.71. The van der Waals surface area contributed by atoms with Gasteiger partial charge in [0.2, 0.25) is 0 Å². The number of carbonyl (C=O) groups excluding carboxylic acids is 1. The number of ether oxygens (including phenoxy) is 1. The highest BCUT2D eigenvalue weighted by Crippen LogP contribution is 2.17. The van der Waals surface area contributed by atoms with Gasteiger partial charge in [0.25, 0.3) is 0 Å². The van der Waals surface area contributed by atoms with Crippen LogP contribution in [0.3, 0.4) is 0 Å². The number of amides is 2. The molecule has 2 amide bonds. The third kappa shape index (κ3) is 3.57. The van der Waals surface area contributed by atoms with Crippen LogP contribution in [0.4, 0.5) is 10.5 Å². The molecule has 4 nitrogen and oxygen atoms in total. The number of hydrogen-bond donors (Lipinski definition) is 2. The third-order valence-corrected chi connectivity index (χ3v) is 3.33. The van der Waals surface area contributed by atoms with E-state index in [0.717, 1.165) is 34.3 Å². The minimum atomic E-state index is -0.207. The Hall–Kier alpha value is -0.820. The first-order valence-corrected chi connectivity index (χ1v) is 6.68. The monoisotopic (exact) mass is 346 g/mol. The van der Waals surface area contributed by atoms with Gasteiger partial charge in [0.15, 0.2) is 0 Å². The fourth-order valence-corrected chi connectivity index (χ4v) is 2.41. The van der Waals surface area contributed by atoms with E-state index in [-0.39, 0.29) is 12.3 Å². The van der Waals surface area contributed by atoms with E-state index in [4.69, 9.17) is 4.74 Å². The Morgan fingerprint density at radius 3 is 3.00 bits per heavy atom. The second-order valence-corrected chi connectivity index (χ2v) is 5.30. The van der Waals surface area contributed by atoms with Gasteiger partial charge in [0.1, 0.15) is 6.23 Å². The number of aryl methyl sites for hydroxylation is 1. The van der Waals surface area contributed by atoms with Gasteiger partial charge < -0.3 is 15.4 Å². The summed E-state index contributed by atoms with van der Waals surface area (Å²) in [7, 11) is 0. The van der Waals surface area contributed by atoms with Gasteiger partial charge in [-0.2, -0.15) is 0 Å². The van der Waals surface area contributed by atoms with Crippen molar-refractivity contribution in [3.63, 3.8) is 0 Å². The summed E-state index contributed by atoms with van der Waals surface area (Å²) < 4.78 is 6.50. The van der Waals surface area contributed by atoms with Crippen LogP contribution in [-0.4, -0.2) is 18.9 Å². The predicted octanol–water partition coefficient (Wildman–Crippen LogP) is 2.86. The maximum absolute atomic E-state index is 11.7. The summed E-state index contributed by atoms with van der Waals surface area (Å²) in [4.78, 5) is 11.7. The van der Waals surface area contributed by atoms with E-state index >= 15 is 0 Å². The molecule has 92 valence electrons. The summed E-state index contributed by atoms with van der Waals surface area (Å²) >= 11 is 2.25. The largest absolute Gasteiger partial charge is 0.358 e. The molecule has 0 radical (unpaired) electrons. The van der Waals surface area contributed by atoms with Crippen molar-refractivity contribution < 1.29 is 9.53 Å². The third-order valence-electron chi connectivity index (χ3n) is 2.66. The minimum absolute atomic E-state index is 0.140. The average molecular weight is 346 g/mol. The van der Waals surface area contributed by atoms with E-state index in [1.54, 1.807) is 0 Å². The molecule has 1 saturated heterocycles. The molecule has 1 aliphatic heterocycles. The normalized spacial score (nSPS) is 19.1. The van der Waals surface area contributed by atoms with Crippen molar-refractivity contribution in [3.8, 4) is 0 Å². The van der Waals surface area contributed by atoms with Gasteiger partial charge in [0, 0.05) is 15.9 Å². The first kappa shape index (κ1) is 12.6. The lowest BCUT2D eigenvalue weighted by Gasteiger charge is -2.14. The topological polar surface area (TPSA) is 50.4 Å². The van der Waals surface area contributed by atoms with Crippen LogP contribution in [0.15, 0.2) is 18.2 Å². The molecule has 0 saturated carbocycles. The maximum Gasteiger partial charge on any atom is 0.321 e. The molecule has 5 heteroatoms. The summed E-state index contributed by atoms with van der Waals surface area (Å²) in [5.41, 5.74) is 1.89. The lowest BCUT2D eigenvalue weighted by atomic mass is 10.2. The van der Waals surface area contributed by atoms with Crippen molar-refractivity contribution >= 4 is 34.3 Å². The van der Waals surface area contributed by atoms with Crippen LogP contribution in [0.1, 0.15) is 18.4 Å². The van der Waals surface area contributed by atoms with Gasteiger partial charge in [0.05, 0.1) is 0 Å². The second-order valence-electron chi connectivity index (χ2n) is 4.06. The summed E-state index contributed by atoms with van der Waals surface area (Å²) in [6, 6.07) is 5.70. The van der Waals surface area contributed by atoms with Crippen molar-refractivity contribution in [3.05, 3.63) is 27.3 Å². The minimum Gasteiger partial charge on any atom is -0.358 e. The van der Waals surface area contributed by atoms with Crippen LogP contribution in [-0.2, 0) is 4.74 Å². The fourth-order valence-electron chi connectivity index (χ4n) is 1.76. The van der Waals surface area contributed by atoms with Crippen LogP contribution in [0.2, 0.25) is 0 Å². The van der Waals surface area contributed by atoms with Crippen LogP contribution in [0.5, 0.6) is 0 Å². The number of rotatable bonds is 2. The van der Waals surface area contributed by atoms with Crippen LogP contribution >= 0.6 is 22.6 Å². The van der Waals surface area contributed by atoms with Crippen molar-refractivity contribution in [2.24, 2.45) is 0 Å². The van der Waals surface area contributed by atoms with Gasteiger partial charge in [-0.15, -0.1) is 0 Å². The van der Waals surface area contributed by atoms with E-state index < -0.39 is 0 Å².